The second-order valence-corrected chi connectivity index (χ2v) is 3.61. The number of hydrogen-bond acceptors (Lipinski definition) is 2. The number of ether oxygens (including phenoxy) is 1. The quantitative estimate of drug-likeness (QED) is 0.770. The van der Waals surface area contributed by atoms with E-state index in [1.54, 1.807) is 6.07 Å². The van der Waals surface area contributed by atoms with Gasteiger partial charge in [0.2, 0.25) is 0 Å². The van der Waals surface area contributed by atoms with Gasteiger partial charge in [-0.05, 0) is 23.3 Å². The van der Waals surface area contributed by atoms with Crippen LogP contribution in [0.15, 0.2) is 48.5 Å². The summed E-state index contributed by atoms with van der Waals surface area (Å²) in [5.74, 6) is -0.110. The minimum atomic E-state index is -2.95. The molecule has 2 aromatic carbocycles. The molecule has 4 heteroatoms. The molecule has 18 heavy (non-hydrogen) atoms. The monoisotopic (exact) mass is 248 g/mol. The maximum atomic E-state index is 12.2. The van der Waals surface area contributed by atoms with E-state index in [2.05, 4.69) is 4.74 Å². The second kappa shape index (κ2) is 5.40. The molecule has 0 amide bonds. The first-order chi connectivity index (χ1) is 8.70. The number of hydrogen-bond donors (Lipinski definition) is 0. The molecule has 0 bridgehead atoms. The molecule has 0 aliphatic carbocycles. The van der Waals surface area contributed by atoms with Gasteiger partial charge >= 0.3 is 6.61 Å². The fourth-order valence-corrected chi connectivity index (χ4v) is 1.64. The van der Waals surface area contributed by atoms with Crippen molar-refractivity contribution in [3.05, 3.63) is 54.1 Å². The molecule has 0 heterocycles. The van der Waals surface area contributed by atoms with Crippen molar-refractivity contribution in [2.24, 2.45) is 0 Å². The molecule has 0 saturated carbocycles. The van der Waals surface area contributed by atoms with Crippen LogP contribution in [0.3, 0.4) is 0 Å². The third-order valence-electron chi connectivity index (χ3n) is 2.46. The Morgan fingerprint density at radius 1 is 1.00 bits per heavy atom. The topological polar surface area (TPSA) is 26.3 Å². The van der Waals surface area contributed by atoms with Crippen LogP contribution >= 0.6 is 0 Å². The number of benzene rings is 2. The first kappa shape index (κ1) is 12.2. The van der Waals surface area contributed by atoms with Crippen LogP contribution in [0.2, 0.25) is 0 Å². The standard InChI is InChI=1S/C14H10F2O2/c15-14(16)18-13-8-11(6-7-12(13)9-17)10-4-2-1-3-5-10/h1-9,14H. The van der Waals surface area contributed by atoms with Crippen LogP contribution in [-0.4, -0.2) is 12.9 Å². The van der Waals surface area contributed by atoms with Crippen molar-refractivity contribution in [2.75, 3.05) is 0 Å². The van der Waals surface area contributed by atoms with E-state index in [0.29, 0.717) is 6.29 Å². The molecule has 0 radical (unpaired) electrons. The Kier molecular flexibility index (Phi) is 3.67. The molecular formula is C14H10F2O2. The highest BCUT2D eigenvalue weighted by atomic mass is 19.3. The van der Waals surface area contributed by atoms with E-state index in [0.717, 1.165) is 11.1 Å². The van der Waals surface area contributed by atoms with Gasteiger partial charge in [-0.2, -0.15) is 8.78 Å². The van der Waals surface area contributed by atoms with Gasteiger partial charge in [-0.3, -0.25) is 4.79 Å². The van der Waals surface area contributed by atoms with Gasteiger partial charge in [-0.1, -0.05) is 36.4 Å². The van der Waals surface area contributed by atoms with E-state index in [-0.39, 0.29) is 11.3 Å². The highest BCUT2D eigenvalue weighted by Crippen LogP contribution is 2.27. The molecule has 0 aliphatic heterocycles. The van der Waals surface area contributed by atoms with Gasteiger partial charge in [-0.25, -0.2) is 0 Å². The summed E-state index contributed by atoms with van der Waals surface area (Å²) in [6, 6.07) is 13.8. The summed E-state index contributed by atoms with van der Waals surface area (Å²) < 4.78 is 28.8. The van der Waals surface area contributed by atoms with E-state index in [4.69, 9.17) is 0 Å². The van der Waals surface area contributed by atoms with Crippen molar-refractivity contribution in [1.29, 1.82) is 0 Å². The lowest BCUT2D eigenvalue weighted by Crippen LogP contribution is -2.04. The van der Waals surface area contributed by atoms with E-state index >= 15 is 0 Å². The van der Waals surface area contributed by atoms with Crippen LogP contribution in [0.5, 0.6) is 5.75 Å². The Morgan fingerprint density at radius 2 is 1.72 bits per heavy atom. The number of carbonyl (C=O) groups is 1. The maximum absolute atomic E-state index is 12.2. The van der Waals surface area contributed by atoms with Gasteiger partial charge in [-0.15, -0.1) is 0 Å². The van der Waals surface area contributed by atoms with Crippen molar-refractivity contribution < 1.29 is 18.3 Å². The fourth-order valence-electron chi connectivity index (χ4n) is 1.64. The highest BCUT2D eigenvalue weighted by Gasteiger charge is 2.10. The summed E-state index contributed by atoms with van der Waals surface area (Å²) in [7, 11) is 0. The first-order valence-corrected chi connectivity index (χ1v) is 5.30. The molecule has 0 unspecified atom stereocenters. The average molecular weight is 248 g/mol. The molecule has 0 aromatic heterocycles. The third kappa shape index (κ3) is 2.71. The van der Waals surface area contributed by atoms with Crippen molar-refractivity contribution in [2.45, 2.75) is 6.61 Å². The SMILES string of the molecule is O=Cc1ccc(-c2ccccc2)cc1OC(F)F. The molecular weight excluding hydrogens is 238 g/mol. The predicted octanol–water partition coefficient (Wildman–Crippen LogP) is 3.77. The van der Waals surface area contributed by atoms with E-state index in [9.17, 15) is 13.6 Å². The van der Waals surface area contributed by atoms with Crippen LogP contribution in [0.25, 0.3) is 11.1 Å². The van der Waals surface area contributed by atoms with Crippen LogP contribution in [0.4, 0.5) is 8.78 Å². The summed E-state index contributed by atoms with van der Waals surface area (Å²) in [6.45, 7) is -2.95. The highest BCUT2D eigenvalue weighted by molar-refractivity contribution is 5.81. The summed E-state index contributed by atoms with van der Waals surface area (Å²) in [5, 5.41) is 0. The molecule has 0 N–H and O–H groups in total. The molecule has 0 aliphatic rings. The van der Waals surface area contributed by atoms with E-state index in [1.807, 2.05) is 30.3 Å². The van der Waals surface area contributed by atoms with Crippen LogP contribution in [0.1, 0.15) is 10.4 Å². The van der Waals surface area contributed by atoms with Crippen LogP contribution < -0.4 is 4.74 Å². The Morgan fingerprint density at radius 3 is 2.33 bits per heavy atom. The Balaban J connectivity index is 2.42. The smallest absolute Gasteiger partial charge is 0.387 e. The number of halogens is 2. The normalized spacial score (nSPS) is 10.4. The minimum absolute atomic E-state index is 0.106. The average Bonchev–Trinajstić information content (AvgIpc) is 2.39. The molecule has 2 nitrogen and oxygen atoms in total. The lowest BCUT2D eigenvalue weighted by Gasteiger charge is -2.09. The molecule has 0 fully saturated rings. The van der Waals surface area contributed by atoms with Crippen molar-refractivity contribution in [3.8, 4) is 16.9 Å². The lowest BCUT2D eigenvalue weighted by atomic mass is 10.0. The van der Waals surface area contributed by atoms with Gasteiger partial charge in [0, 0.05) is 0 Å². The predicted molar refractivity (Wildman–Crippen MR) is 63.9 cm³/mol. The van der Waals surface area contributed by atoms with E-state index < -0.39 is 6.61 Å². The van der Waals surface area contributed by atoms with Gasteiger partial charge in [0.25, 0.3) is 0 Å². The maximum Gasteiger partial charge on any atom is 0.387 e. The Hall–Kier alpha value is -2.23. The first-order valence-electron chi connectivity index (χ1n) is 5.30. The van der Waals surface area contributed by atoms with Gasteiger partial charge < -0.3 is 4.74 Å². The summed E-state index contributed by atoms with van der Waals surface area (Å²) in [5.41, 5.74) is 1.70. The number of alkyl halides is 2. The number of rotatable bonds is 4. The summed E-state index contributed by atoms with van der Waals surface area (Å²) >= 11 is 0. The second-order valence-electron chi connectivity index (χ2n) is 3.61. The number of aldehydes is 1. The Bertz CT molecular complexity index is 539. The minimum Gasteiger partial charge on any atom is -0.434 e. The lowest BCUT2D eigenvalue weighted by molar-refractivity contribution is -0.0500. The van der Waals surface area contributed by atoms with Crippen molar-refractivity contribution in [1.82, 2.24) is 0 Å². The van der Waals surface area contributed by atoms with E-state index in [1.165, 1.54) is 12.1 Å². The molecule has 2 aromatic rings. The van der Waals surface area contributed by atoms with Gasteiger partial charge in [0.15, 0.2) is 6.29 Å². The zero-order valence-corrected chi connectivity index (χ0v) is 9.35. The molecule has 2 rings (SSSR count). The van der Waals surface area contributed by atoms with Crippen molar-refractivity contribution in [3.63, 3.8) is 0 Å². The van der Waals surface area contributed by atoms with Gasteiger partial charge in [0.1, 0.15) is 5.75 Å². The van der Waals surface area contributed by atoms with Crippen molar-refractivity contribution >= 4 is 6.29 Å². The Labute approximate surface area is 103 Å². The van der Waals surface area contributed by atoms with Gasteiger partial charge in [0.05, 0.1) is 5.56 Å². The largest absolute Gasteiger partial charge is 0.434 e. The zero-order valence-electron chi connectivity index (χ0n) is 9.35. The van der Waals surface area contributed by atoms with Crippen LogP contribution in [-0.2, 0) is 0 Å². The number of carbonyl (C=O) groups excluding carboxylic acids is 1. The molecule has 0 spiro atoms. The molecule has 0 saturated heterocycles. The third-order valence-corrected chi connectivity index (χ3v) is 2.46. The summed E-state index contributed by atoms with van der Waals surface area (Å²) in [6.07, 6.45) is 0.493. The zero-order chi connectivity index (χ0) is 13.0. The summed E-state index contributed by atoms with van der Waals surface area (Å²) in [4.78, 5) is 10.7. The molecule has 92 valence electrons. The van der Waals surface area contributed by atoms with Crippen LogP contribution in [0, 0.1) is 0 Å². The fraction of sp³-hybridized carbons (Fsp3) is 0.0714. The molecule has 0 atom stereocenters.